The molecule has 5 nitrogen and oxygen atoms in total. The lowest BCUT2D eigenvalue weighted by Gasteiger charge is -2.31. The van der Waals surface area contributed by atoms with Crippen LogP contribution in [-0.4, -0.2) is 16.8 Å². The van der Waals surface area contributed by atoms with Gasteiger partial charge in [0.2, 0.25) is 5.72 Å². The number of esters is 1. The van der Waals surface area contributed by atoms with Gasteiger partial charge in [0.1, 0.15) is 22.8 Å². The van der Waals surface area contributed by atoms with E-state index in [9.17, 15) is 9.90 Å². The number of rotatable bonds is 0. The van der Waals surface area contributed by atoms with E-state index in [0.29, 0.717) is 11.5 Å². The molecule has 0 saturated heterocycles. The Kier molecular flexibility index (Phi) is 2.76. The molecule has 1 aromatic carbocycles. The first-order valence-electron chi connectivity index (χ1n) is 6.73. The van der Waals surface area contributed by atoms with Crippen LogP contribution in [0.25, 0.3) is 0 Å². The Hall–Kier alpha value is -2.43. The minimum Gasteiger partial charge on any atom is -0.512 e. The third kappa shape index (κ3) is 1.96. The molecule has 3 rings (SSSR count). The lowest BCUT2D eigenvalue weighted by atomic mass is 9.98. The van der Waals surface area contributed by atoms with Gasteiger partial charge in [-0.25, -0.2) is 4.79 Å². The van der Waals surface area contributed by atoms with Gasteiger partial charge in [-0.3, -0.25) is 0 Å². The summed E-state index contributed by atoms with van der Waals surface area (Å²) < 4.78 is 11.1. The summed E-state index contributed by atoms with van der Waals surface area (Å²) in [7, 11) is 0. The van der Waals surface area contributed by atoms with Gasteiger partial charge in [-0.2, -0.15) is 0 Å². The number of ether oxygens (including phenoxy) is 2. The fourth-order valence-electron chi connectivity index (χ4n) is 2.90. The summed E-state index contributed by atoms with van der Waals surface area (Å²) in [6.07, 6.45) is 1.66. The number of carbonyl (C=O) groups is 1. The molecule has 5 heteroatoms. The lowest BCUT2D eigenvalue weighted by Crippen LogP contribution is -2.47. The van der Waals surface area contributed by atoms with Crippen LogP contribution >= 0.6 is 0 Å². The third-order valence-corrected chi connectivity index (χ3v) is 3.60. The van der Waals surface area contributed by atoms with Gasteiger partial charge >= 0.3 is 5.97 Å². The van der Waals surface area contributed by atoms with E-state index in [-0.39, 0.29) is 11.3 Å². The highest BCUT2D eigenvalue weighted by Gasteiger charge is 2.49. The second-order valence-corrected chi connectivity index (χ2v) is 5.53. The monoisotopic (exact) mass is 287 g/mol. The van der Waals surface area contributed by atoms with E-state index in [4.69, 9.17) is 9.47 Å². The molecule has 1 spiro atoms. The number of hydrogen-bond acceptors (Lipinski definition) is 5. The van der Waals surface area contributed by atoms with Crippen molar-refractivity contribution in [3.8, 4) is 5.75 Å². The molecule has 0 fully saturated rings. The number of aryl methyl sites for hydroxylation is 2. The molecule has 2 N–H and O–H groups in total. The van der Waals surface area contributed by atoms with Gasteiger partial charge < -0.3 is 19.9 Å². The number of aliphatic hydroxyl groups is 1. The van der Waals surface area contributed by atoms with Crippen LogP contribution in [0.4, 0.5) is 5.69 Å². The molecular weight excluding hydrogens is 270 g/mol. The SMILES string of the molecule is CC1=CC2(Nc3cc(C)cc(C)c3O2)/C(=C(/C)O)C(=O)O1. The molecule has 21 heavy (non-hydrogen) atoms. The minimum absolute atomic E-state index is 0.0707. The number of allylic oxidation sites excluding steroid dienone is 2. The largest absolute Gasteiger partial charge is 0.512 e. The van der Waals surface area contributed by atoms with Crippen molar-refractivity contribution in [3.05, 3.63) is 46.4 Å². The van der Waals surface area contributed by atoms with E-state index in [0.717, 1.165) is 16.8 Å². The van der Waals surface area contributed by atoms with E-state index >= 15 is 0 Å². The summed E-state index contributed by atoms with van der Waals surface area (Å²) >= 11 is 0. The summed E-state index contributed by atoms with van der Waals surface area (Å²) in [5, 5.41) is 13.1. The highest BCUT2D eigenvalue weighted by atomic mass is 16.6. The Morgan fingerprint density at radius 2 is 2.00 bits per heavy atom. The van der Waals surface area contributed by atoms with Crippen LogP contribution in [0.3, 0.4) is 0 Å². The molecule has 0 amide bonds. The van der Waals surface area contributed by atoms with Crippen molar-refractivity contribution < 1.29 is 19.4 Å². The molecule has 2 heterocycles. The number of fused-ring (bicyclic) bond motifs is 1. The van der Waals surface area contributed by atoms with E-state index in [1.807, 2.05) is 26.0 Å². The number of nitrogens with one attached hydrogen (secondary N) is 1. The summed E-state index contributed by atoms with van der Waals surface area (Å²) in [5.74, 6) is 0.376. The molecule has 2 aliphatic heterocycles. The van der Waals surface area contributed by atoms with E-state index < -0.39 is 11.7 Å². The number of benzene rings is 1. The molecule has 1 unspecified atom stereocenters. The number of hydrogen-bond donors (Lipinski definition) is 2. The first kappa shape index (κ1) is 13.5. The Bertz CT molecular complexity index is 713. The van der Waals surface area contributed by atoms with Gasteiger partial charge in [0.15, 0.2) is 0 Å². The van der Waals surface area contributed by atoms with Gasteiger partial charge in [-0.05, 0) is 44.9 Å². The average Bonchev–Trinajstić information content (AvgIpc) is 2.65. The molecule has 110 valence electrons. The van der Waals surface area contributed by atoms with Crippen molar-refractivity contribution in [1.82, 2.24) is 0 Å². The summed E-state index contributed by atoms with van der Waals surface area (Å²) in [6, 6.07) is 3.96. The number of aliphatic hydroxyl groups excluding tert-OH is 1. The second-order valence-electron chi connectivity index (χ2n) is 5.53. The summed E-state index contributed by atoms with van der Waals surface area (Å²) in [4.78, 5) is 12.1. The van der Waals surface area contributed by atoms with Gasteiger partial charge in [0.25, 0.3) is 0 Å². The Balaban J connectivity index is 2.19. The molecule has 0 bridgehead atoms. The normalized spacial score (nSPS) is 25.7. The van der Waals surface area contributed by atoms with Gasteiger partial charge in [0, 0.05) is 6.08 Å². The maximum Gasteiger partial charge on any atom is 0.349 e. The lowest BCUT2D eigenvalue weighted by molar-refractivity contribution is -0.138. The molecule has 1 atom stereocenters. The van der Waals surface area contributed by atoms with Crippen molar-refractivity contribution in [2.75, 3.05) is 5.32 Å². The highest BCUT2D eigenvalue weighted by molar-refractivity contribution is 5.95. The zero-order valence-corrected chi connectivity index (χ0v) is 12.4. The fraction of sp³-hybridized carbons (Fsp3) is 0.312. The minimum atomic E-state index is -1.21. The van der Waals surface area contributed by atoms with Crippen LogP contribution in [0.5, 0.6) is 5.75 Å². The number of anilines is 1. The average molecular weight is 287 g/mol. The second kappa shape index (κ2) is 4.28. The van der Waals surface area contributed by atoms with Crippen molar-refractivity contribution in [2.45, 2.75) is 33.4 Å². The molecule has 0 aliphatic carbocycles. The van der Waals surface area contributed by atoms with Crippen molar-refractivity contribution in [3.63, 3.8) is 0 Å². The molecule has 1 aromatic rings. The van der Waals surface area contributed by atoms with Gasteiger partial charge in [0.05, 0.1) is 5.69 Å². The van der Waals surface area contributed by atoms with Crippen molar-refractivity contribution in [1.29, 1.82) is 0 Å². The van der Waals surface area contributed by atoms with Crippen LogP contribution in [0.2, 0.25) is 0 Å². The zero-order chi connectivity index (χ0) is 15.4. The maximum atomic E-state index is 12.1. The van der Waals surface area contributed by atoms with E-state index in [1.165, 1.54) is 6.92 Å². The van der Waals surface area contributed by atoms with Crippen LogP contribution in [0, 0.1) is 13.8 Å². The molecule has 2 aliphatic rings. The van der Waals surface area contributed by atoms with E-state index in [1.54, 1.807) is 13.0 Å². The molecular formula is C16H17NO4. The van der Waals surface area contributed by atoms with Crippen LogP contribution in [0.1, 0.15) is 25.0 Å². The summed E-state index contributed by atoms with van der Waals surface area (Å²) in [5.41, 5.74) is 1.71. The third-order valence-electron chi connectivity index (χ3n) is 3.60. The number of cyclic esters (lactones) is 1. The van der Waals surface area contributed by atoms with Crippen LogP contribution in [-0.2, 0) is 9.53 Å². The fourth-order valence-corrected chi connectivity index (χ4v) is 2.90. The highest BCUT2D eigenvalue weighted by Crippen LogP contribution is 2.46. The topological polar surface area (TPSA) is 67.8 Å². The van der Waals surface area contributed by atoms with Crippen molar-refractivity contribution in [2.24, 2.45) is 0 Å². The Labute approximate surface area is 122 Å². The zero-order valence-electron chi connectivity index (χ0n) is 12.4. The Morgan fingerprint density at radius 1 is 1.29 bits per heavy atom. The predicted octanol–water partition coefficient (Wildman–Crippen LogP) is 3.10. The first-order valence-corrected chi connectivity index (χ1v) is 6.73. The first-order chi connectivity index (χ1) is 9.82. The predicted molar refractivity (Wildman–Crippen MR) is 78.1 cm³/mol. The smallest absolute Gasteiger partial charge is 0.349 e. The molecule has 0 radical (unpaired) electrons. The van der Waals surface area contributed by atoms with Crippen LogP contribution < -0.4 is 10.1 Å². The van der Waals surface area contributed by atoms with E-state index in [2.05, 4.69) is 5.32 Å². The standard InChI is InChI=1S/C16H17NO4/c1-8-5-9(2)14-12(6-8)17-16(21-14)7-10(3)20-15(19)13(16)11(4)18/h5-7,17-18H,1-4H3/b13-11-. The van der Waals surface area contributed by atoms with Gasteiger partial charge in [-0.1, -0.05) is 6.07 Å². The molecule has 0 saturated carbocycles. The van der Waals surface area contributed by atoms with Gasteiger partial charge in [-0.15, -0.1) is 0 Å². The molecule has 0 aromatic heterocycles. The quantitative estimate of drug-likeness (QED) is 0.436. The van der Waals surface area contributed by atoms with Crippen molar-refractivity contribution >= 4 is 11.7 Å². The summed E-state index contributed by atoms with van der Waals surface area (Å²) in [6.45, 7) is 7.05. The Morgan fingerprint density at radius 3 is 2.67 bits per heavy atom. The number of carbonyl (C=O) groups excluding carboxylic acids is 1. The van der Waals surface area contributed by atoms with Crippen LogP contribution in [0.15, 0.2) is 35.3 Å². The maximum absolute atomic E-state index is 12.1.